The highest BCUT2D eigenvalue weighted by atomic mass is 16.6. The SMILES string of the molecule is COc1cc(N=C=O)c([N+](=O)[O-])c(OC)c1OC. The summed E-state index contributed by atoms with van der Waals surface area (Å²) < 4.78 is 14.9. The molecule has 1 aromatic carbocycles. The van der Waals surface area contributed by atoms with E-state index < -0.39 is 10.6 Å². The molecule has 0 saturated heterocycles. The maximum Gasteiger partial charge on any atom is 0.341 e. The number of hydrogen-bond acceptors (Lipinski definition) is 7. The molecule has 0 fully saturated rings. The van der Waals surface area contributed by atoms with E-state index in [0.717, 1.165) is 0 Å². The quantitative estimate of drug-likeness (QED) is 0.342. The molecule has 8 heteroatoms. The predicted octanol–water partition coefficient (Wildman–Crippen LogP) is 1.59. The minimum absolute atomic E-state index is 0.0524. The molecular weight excluding hydrogens is 244 g/mol. The number of nitrogens with zero attached hydrogens (tertiary/aromatic N) is 2. The summed E-state index contributed by atoms with van der Waals surface area (Å²) in [6, 6.07) is 1.20. The van der Waals surface area contributed by atoms with Crippen molar-refractivity contribution in [3.8, 4) is 17.2 Å². The molecular formula is C10H10N2O6. The number of isocyanates is 1. The standard InChI is InChI=1S/C10H10N2O6/c1-16-7-4-6(11-5-13)8(12(14)15)10(18-3)9(7)17-2/h4H,1-3H3. The van der Waals surface area contributed by atoms with E-state index in [1.807, 2.05) is 0 Å². The lowest BCUT2D eigenvalue weighted by Gasteiger charge is -2.12. The van der Waals surface area contributed by atoms with E-state index in [-0.39, 0.29) is 22.9 Å². The van der Waals surface area contributed by atoms with E-state index in [0.29, 0.717) is 0 Å². The normalized spacial score (nSPS) is 9.28. The fourth-order valence-corrected chi connectivity index (χ4v) is 1.44. The molecule has 0 amide bonds. The van der Waals surface area contributed by atoms with Gasteiger partial charge in [-0.1, -0.05) is 0 Å². The highest BCUT2D eigenvalue weighted by Gasteiger charge is 2.29. The number of ether oxygens (including phenoxy) is 3. The third kappa shape index (κ3) is 2.23. The van der Waals surface area contributed by atoms with Crippen molar-refractivity contribution in [3.05, 3.63) is 16.2 Å². The molecule has 0 aliphatic carbocycles. The van der Waals surface area contributed by atoms with Gasteiger partial charge in [0.1, 0.15) is 0 Å². The Morgan fingerprint density at radius 2 is 1.83 bits per heavy atom. The molecule has 0 unspecified atom stereocenters. The molecule has 18 heavy (non-hydrogen) atoms. The van der Waals surface area contributed by atoms with Crippen LogP contribution in [0.1, 0.15) is 0 Å². The Labute approximate surface area is 102 Å². The van der Waals surface area contributed by atoms with Crippen molar-refractivity contribution < 1.29 is 23.9 Å². The van der Waals surface area contributed by atoms with Crippen molar-refractivity contribution in [2.24, 2.45) is 4.99 Å². The van der Waals surface area contributed by atoms with E-state index in [4.69, 9.17) is 14.2 Å². The number of hydrogen-bond donors (Lipinski definition) is 0. The first-order chi connectivity index (χ1) is 8.60. The van der Waals surface area contributed by atoms with Gasteiger partial charge in [-0.05, 0) is 0 Å². The minimum atomic E-state index is -0.725. The first-order valence-corrected chi connectivity index (χ1v) is 4.65. The molecule has 0 aliphatic rings. The van der Waals surface area contributed by atoms with Crippen LogP contribution in [0.4, 0.5) is 11.4 Å². The fourth-order valence-electron chi connectivity index (χ4n) is 1.44. The van der Waals surface area contributed by atoms with E-state index in [1.54, 1.807) is 0 Å². The van der Waals surface area contributed by atoms with Crippen LogP contribution < -0.4 is 14.2 Å². The van der Waals surface area contributed by atoms with Crippen molar-refractivity contribution in [1.29, 1.82) is 0 Å². The fraction of sp³-hybridized carbons (Fsp3) is 0.300. The van der Waals surface area contributed by atoms with Crippen LogP contribution in [0.15, 0.2) is 11.1 Å². The Morgan fingerprint density at radius 1 is 1.22 bits per heavy atom. The number of nitro benzene ring substituents is 1. The third-order valence-corrected chi connectivity index (χ3v) is 2.13. The monoisotopic (exact) mass is 254 g/mol. The summed E-state index contributed by atoms with van der Waals surface area (Å²) in [5, 5.41) is 11.0. The number of nitro groups is 1. The zero-order valence-corrected chi connectivity index (χ0v) is 9.92. The second-order valence-electron chi connectivity index (χ2n) is 2.97. The van der Waals surface area contributed by atoms with Crippen LogP contribution in [0.2, 0.25) is 0 Å². The van der Waals surface area contributed by atoms with E-state index in [1.165, 1.54) is 33.5 Å². The molecule has 0 atom stereocenters. The molecule has 0 aromatic heterocycles. The molecule has 0 N–H and O–H groups in total. The summed E-state index contributed by atoms with van der Waals surface area (Å²) in [5.41, 5.74) is -0.706. The van der Waals surface area contributed by atoms with Crippen LogP contribution >= 0.6 is 0 Å². The van der Waals surface area contributed by atoms with Crippen LogP contribution in [0.5, 0.6) is 17.2 Å². The van der Waals surface area contributed by atoms with Gasteiger partial charge in [-0.3, -0.25) is 10.1 Å². The zero-order valence-electron chi connectivity index (χ0n) is 9.92. The van der Waals surface area contributed by atoms with Crippen LogP contribution in [0, 0.1) is 10.1 Å². The molecule has 0 saturated carbocycles. The van der Waals surface area contributed by atoms with Crippen molar-refractivity contribution in [2.75, 3.05) is 21.3 Å². The number of benzene rings is 1. The smallest absolute Gasteiger partial charge is 0.341 e. The average molecular weight is 254 g/mol. The van der Waals surface area contributed by atoms with Gasteiger partial charge in [0, 0.05) is 6.07 Å². The van der Waals surface area contributed by atoms with Gasteiger partial charge in [0.25, 0.3) is 0 Å². The number of carbonyl (C=O) groups excluding carboxylic acids is 1. The lowest BCUT2D eigenvalue weighted by Crippen LogP contribution is -1.99. The van der Waals surface area contributed by atoms with Gasteiger partial charge < -0.3 is 14.2 Å². The molecule has 0 bridgehead atoms. The Morgan fingerprint density at radius 3 is 2.22 bits per heavy atom. The van der Waals surface area contributed by atoms with Gasteiger partial charge in [0.15, 0.2) is 11.4 Å². The molecule has 8 nitrogen and oxygen atoms in total. The van der Waals surface area contributed by atoms with Gasteiger partial charge in [-0.15, -0.1) is 0 Å². The first kappa shape index (κ1) is 13.5. The Bertz CT molecular complexity index is 522. The number of rotatable bonds is 5. The molecule has 0 spiro atoms. The van der Waals surface area contributed by atoms with Gasteiger partial charge in [-0.2, -0.15) is 4.99 Å². The molecule has 0 radical (unpaired) electrons. The average Bonchev–Trinajstić information content (AvgIpc) is 2.36. The molecule has 1 rings (SSSR count). The Kier molecular flexibility index (Phi) is 4.22. The molecule has 96 valence electrons. The third-order valence-electron chi connectivity index (χ3n) is 2.13. The zero-order chi connectivity index (χ0) is 13.7. The first-order valence-electron chi connectivity index (χ1n) is 4.65. The van der Waals surface area contributed by atoms with Gasteiger partial charge in [-0.25, -0.2) is 4.79 Å². The van der Waals surface area contributed by atoms with Gasteiger partial charge in [0.05, 0.1) is 26.3 Å². The van der Waals surface area contributed by atoms with Crippen molar-refractivity contribution in [1.82, 2.24) is 0 Å². The summed E-state index contributed by atoms with van der Waals surface area (Å²) in [4.78, 5) is 23.8. The summed E-state index contributed by atoms with van der Waals surface area (Å²) in [5.74, 6) is 0.0429. The summed E-state index contributed by atoms with van der Waals surface area (Å²) in [6.45, 7) is 0. The lowest BCUT2D eigenvalue weighted by atomic mass is 10.2. The van der Waals surface area contributed by atoms with Gasteiger partial charge >= 0.3 is 5.69 Å². The van der Waals surface area contributed by atoms with Crippen molar-refractivity contribution in [3.63, 3.8) is 0 Å². The molecule has 0 aliphatic heterocycles. The summed E-state index contributed by atoms with van der Waals surface area (Å²) in [7, 11) is 3.89. The Hall–Kier alpha value is -2.60. The van der Waals surface area contributed by atoms with Crippen LogP contribution in [0.25, 0.3) is 0 Å². The molecule has 1 aromatic rings. The van der Waals surface area contributed by atoms with Crippen molar-refractivity contribution >= 4 is 17.5 Å². The second kappa shape index (κ2) is 5.65. The minimum Gasteiger partial charge on any atom is -0.493 e. The van der Waals surface area contributed by atoms with Gasteiger partial charge in [0.2, 0.25) is 17.6 Å². The summed E-state index contributed by atoms with van der Waals surface area (Å²) >= 11 is 0. The Balaban J connectivity index is 3.73. The van der Waals surface area contributed by atoms with Crippen LogP contribution in [-0.2, 0) is 4.79 Å². The second-order valence-corrected chi connectivity index (χ2v) is 2.97. The molecule has 0 heterocycles. The van der Waals surface area contributed by atoms with Crippen LogP contribution in [-0.4, -0.2) is 32.3 Å². The maximum absolute atomic E-state index is 11.0. The van der Waals surface area contributed by atoms with Crippen molar-refractivity contribution in [2.45, 2.75) is 0 Å². The van der Waals surface area contributed by atoms with E-state index in [9.17, 15) is 14.9 Å². The maximum atomic E-state index is 11.0. The van der Waals surface area contributed by atoms with E-state index >= 15 is 0 Å². The van der Waals surface area contributed by atoms with E-state index in [2.05, 4.69) is 4.99 Å². The highest BCUT2D eigenvalue weighted by molar-refractivity contribution is 5.76. The number of methoxy groups -OCH3 is 3. The predicted molar refractivity (Wildman–Crippen MR) is 60.5 cm³/mol. The largest absolute Gasteiger partial charge is 0.493 e. The number of aliphatic imine (C=N–C) groups is 1. The lowest BCUT2D eigenvalue weighted by molar-refractivity contribution is -0.385. The topological polar surface area (TPSA) is 100 Å². The van der Waals surface area contributed by atoms with Crippen LogP contribution in [0.3, 0.4) is 0 Å². The highest BCUT2D eigenvalue weighted by Crippen LogP contribution is 2.49. The summed E-state index contributed by atoms with van der Waals surface area (Å²) in [6.07, 6.45) is 1.24.